The smallest absolute Gasteiger partial charge is 0.326 e. The summed E-state index contributed by atoms with van der Waals surface area (Å²) in [6.45, 7) is 3.61. The Bertz CT molecular complexity index is 3710. The van der Waals surface area contributed by atoms with Crippen molar-refractivity contribution in [2.24, 2.45) is 34.6 Å². The third-order valence-corrected chi connectivity index (χ3v) is 17.6. The molecule has 35 nitrogen and oxygen atoms in total. The summed E-state index contributed by atoms with van der Waals surface area (Å²) < 4.78 is 0. The van der Waals surface area contributed by atoms with Crippen LogP contribution in [0.3, 0.4) is 0 Å². The highest BCUT2D eigenvalue weighted by molar-refractivity contribution is 6.00. The van der Waals surface area contributed by atoms with Crippen molar-refractivity contribution in [3.63, 3.8) is 0 Å². The summed E-state index contributed by atoms with van der Waals surface area (Å²) in [6.07, 6.45) is 5.28. The van der Waals surface area contributed by atoms with Crippen LogP contribution in [0, 0.1) is 5.92 Å². The highest BCUT2D eigenvalue weighted by atomic mass is 16.4. The summed E-state index contributed by atoms with van der Waals surface area (Å²) in [5, 5.41) is 58.9. The lowest BCUT2D eigenvalue weighted by atomic mass is 9.97. The predicted molar refractivity (Wildman–Crippen MR) is 389 cm³/mol. The van der Waals surface area contributed by atoms with Crippen LogP contribution in [0.15, 0.2) is 97.6 Å². The molecule has 0 saturated carbocycles. The number of aliphatic hydroxyl groups excluding tert-OH is 1. The number of aromatic hydroxyl groups is 1. The van der Waals surface area contributed by atoms with Crippen molar-refractivity contribution in [1.82, 2.24) is 73.4 Å². The number of imidazole rings is 1. The first-order chi connectivity index (χ1) is 50.7. The van der Waals surface area contributed by atoms with Crippen molar-refractivity contribution in [1.29, 1.82) is 0 Å². The van der Waals surface area contributed by atoms with Crippen LogP contribution in [-0.2, 0) is 88.0 Å². The summed E-state index contributed by atoms with van der Waals surface area (Å²) in [5.41, 5.74) is 32.0. The number of nitrogens with two attached hydrogens (primary N) is 5. The minimum atomic E-state index is -1.75. The molecule has 0 aliphatic heterocycles. The van der Waals surface area contributed by atoms with Crippen LogP contribution in [0.2, 0.25) is 0 Å². The van der Waals surface area contributed by atoms with Crippen LogP contribution < -0.4 is 87.2 Å². The van der Waals surface area contributed by atoms with E-state index in [2.05, 4.69) is 73.4 Å². The molecule has 0 unspecified atom stereocenters. The number of amides is 12. The van der Waals surface area contributed by atoms with Crippen LogP contribution in [-0.4, -0.2) is 206 Å². The highest BCUT2D eigenvalue weighted by Gasteiger charge is 2.37. The normalized spacial score (nSPS) is 14.6. The number of rotatable bonds is 48. The molecule has 2 aromatic heterocycles. The number of carbonyl (C=O) groups excluding carboxylic acids is 12. The zero-order valence-corrected chi connectivity index (χ0v) is 59.8. The van der Waals surface area contributed by atoms with Crippen LogP contribution in [0.1, 0.15) is 114 Å². The predicted octanol–water partition coefficient (Wildman–Crippen LogP) is -3.44. The van der Waals surface area contributed by atoms with Gasteiger partial charge in [0.25, 0.3) is 0 Å². The number of unbranched alkanes of at least 4 members (excludes halogenated alkanes) is 3. The number of para-hydroxylation sites is 1. The second kappa shape index (κ2) is 44.7. The average molecular weight is 1480 g/mol. The number of benzene rings is 3. The first-order valence-electron chi connectivity index (χ1n) is 35.3. The van der Waals surface area contributed by atoms with E-state index >= 15 is 0 Å². The third-order valence-electron chi connectivity index (χ3n) is 17.6. The average Bonchev–Trinajstić information content (AvgIpc) is 1.63. The van der Waals surface area contributed by atoms with Crippen LogP contribution in [0.25, 0.3) is 10.9 Å². The number of hydrogen-bond donors (Lipinski definition) is 21. The summed E-state index contributed by atoms with van der Waals surface area (Å²) in [6, 6.07) is 5.87. The maximum absolute atomic E-state index is 14.4. The lowest BCUT2D eigenvalue weighted by Gasteiger charge is -2.28. The van der Waals surface area contributed by atoms with Gasteiger partial charge in [0, 0.05) is 48.3 Å². The number of aliphatic hydroxyl groups is 1. The molecule has 578 valence electrons. The molecular formula is C71H103N19O16. The van der Waals surface area contributed by atoms with E-state index in [1.807, 2.05) is 0 Å². The molecule has 0 fully saturated rings. The van der Waals surface area contributed by atoms with E-state index in [0.717, 1.165) is 0 Å². The Kier molecular flexibility index (Phi) is 36.2. The lowest BCUT2D eigenvalue weighted by molar-refractivity contribution is -0.142. The third kappa shape index (κ3) is 28.6. The lowest BCUT2D eigenvalue weighted by Crippen LogP contribution is -2.61. The quantitative estimate of drug-likeness (QED) is 0.0169. The number of primary amides is 1. The second-order valence-electron chi connectivity index (χ2n) is 25.9. The molecular weight excluding hydrogens is 1370 g/mol. The molecule has 26 N–H and O–H groups in total. The summed E-state index contributed by atoms with van der Waals surface area (Å²) in [7, 11) is 0. The van der Waals surface area contributed by atoms with E-state index in [1.165, 1.54) is 31.6 Å². The molecule has 3 aromatic carbocycles. The van der Waals surface area contributed by atoms with E-state index < -0.39 is 169 Å². The number of carbonyl (C=O) groups is 13. The maximum atomic E-state index is 14.4. The molecule has 106 heavy (non-hydrogen) atoms. The summed E-state index contributed by atoms with van der Waals surface area (Å²) >= 11 is 0. The fourth-order valence-electron chi connectivity index (χ4n) is 11.3. The molecule has 0 spiro atoms. The molecule has 5 rings (SSSR count). The van der Waals surface area contributed by atoms with E-state index in [4.69, 9.17) is 28.7 Å². The van der Waals surface area contributed by atoms with Crippen molar-refractivity contribution in [2.75, 3.05) is 32.8 Å². The maximum Gasteiger partial charge on any atom is 0.326 e. The molecule has 35 heteroatoms. The molecule has 0 saturated heterocycles. The van der Waals surface area contributed by atoms with Gasteiger partial charge in [0.2, 0.25) is 70.9 Å². The van der Waals surface area contributed by atoms with Gasteiger partial charge in [-0.15, -0.1) is 0 Å². The van der Waals surface area contributed by atoms with Gasteiger partial charge in [-0.1, -0.05) is 80.9 Å². The Balaban J connectivity index is 1.26. The highest BCUT2D eigenvalue weighted by Crippen LogP contribution is 2.21. The molecule has 0 aliphatic carbocycles. The Morgan fingerprint density at radius 3 is 1.54 bits per heavy atom. The number of carboxylic acid groups (broad SMARTS) is 1. The van der Waals surface area contributed by atoms with Gasteiger partial charge in [0.05, 0.1) is 31.9 Å². The number of aliphatic carboxylic acids is 1. The summed E-state index contributed by atoms with van der Waals surface area (Å²) in [4.78, 5) is 189. The van der Waals surface area contributed by atoms with Crippen LogP contribution in [0.5, 0.6) is 5.75 Å². The molecule has 12 amide bonds. The standard InChI is InChI=1S/C71H103N19O16/c1-4-40(2)60(90-62(96)48(75)30-43-23-25-46(92)26-24-43)70(104)89-57(38-91)69(103)84-51(21-11-14-28-73)64(98)83-52(22-12-15-29-74)65(99)86-54(33-45-36-77-39-80-45)66(100)81-41(3)61(95)79-37-59(94)82-50(20-10-13-27-72)63(97)87-55(34-58(76)93)68(102)85-53(32-44-35-78-49-19-9-8-18-47(44)49)67(101)88-56(71(105)106)31-42-16-6-5-7-17-42/h5-9,16-19,23-26,35-36,39-41,48,50-57,60,78,91-92H,4,10-15,20-22,27-34,37-38,72-75H2,1-3H3,(H2,76,93)(H,77,80)(H,79,95)(H,81,100)(H,82,94)(H,83,98)(H,84,103)(H,85,102)(H,86,99)(H,87,97)(H,88,101)(H,89,104)(H,90,96)(H,105,106)/t40-,41-,48-,50-,51-,52-,53-,54-,55-,56-,57-,60-/m0/s1. The number of carboxylic acids is 1. The zero-order chi connectivity index (χ0) is 77.8. The first kappa shape index (κ1) is 85.8. The first-order valence-corrected chi connectivity index (χ1v) is 35.3. The Morgan fingerprint density at radius 2 is 0.991 bits per heavy atom. The van der Waals surface area contributed by atoms with E-state index in [-0.39, 0.29) is 89.6 Å². The SMILES string of the molecule is CC[C@H](C)[C@H](NC(=O)[C@@H](N)Cc1ccc(O)cc1)C(=O)N[C@@H](CO)C(=O)N[C@@H](CCCCN)C(=O)N[C@@H](CCCCN)C(=O)N[C@@H](Cc1cnc[nH]1)C(=O)N[C@@H](C)C(=O)NCC(=O)N[C@@H](CCCCN)C(=O)N[C@@H](CC(N)=O)C(=O)N[C@@H](Cc1c[nH]c2ccccc12)C(=O)N[C@@H](Cc1ccccc1)C(=O)O. The minimum Gasteiger partial charge on any atom is -0.508 e. The fraction of sp³-hybridized carbons (Fsp3) is 0.493. The number of fused-ring (bicyclic) bond motifs is 1. The number of nitrogens with zero attached hydrogens (tertiary/aromatic N) is 1. The minimum absolute atomic E-state index is 0.0158. The number of aromatic amines is 2. The van der Waals surface area contributed by atoms with E-state index in [0.29, 0.717) is 59.0 Å². The molecule has 0 aliphatic rings. The molecule has 2 heterocycles. The van der Waals surface area contributed by atoms with Gasteiger partial charge in [-0.25, -0.2) is 9.78 Å². The number of nitrogens with one attached hydrogen (secondary N) is 13. The number of aromatic nitrogens is 3. The van der Waals surface area contributed by atoms with Gasteiger partial charge in [0.1, 0.15) is 66.2 Å². The Hall–Kier alpha value is -10.9. The Labute approximate surface area is 613 Å². The zero-order valence-electron chi connectivity index (χ0n) is 59.8. The molecule has 5 aromatic rings. The van der Waals surface area contributed by atoms with Gasteiger partial charge in [-0.2, -0.15) is 0 Å². The van der Waals surface area contributed by atoms with Gasteiger partial charge in [-0.3, -0.25) is 57.5 Å². The van der Waals surface area contributed by atoms with Crippen LogP contribution >= 0.6 is 0 Å². The number of H-pyrrole nitrogens is 2. The van der Waals surface area contributed by atoms with Crippen molar-refractivity contribution < 1.29 is 77.6 Å². The van der Waals surface area contributed by atoms with Gasteiger partial charge < -0.3 is 112 Å². The monoisotopic (exact) mass is 1480 g/mol. The molecule has 0 bridgehead atoms. The largest absolute Gasteiger partial charge is 0.508 e. The fourth-order valence-corrected chi connectivity index (χ4v) is 11.3. The molecule has 12 atom stereocenters. The van der Waals surface area contributed by atoms with Gasteiger partial charge in [-0.05, 0) is 132 Å². The van der Waals surface area contributed by atoms with Crippen molar-refractivity contribution in [2.45, 2.75) is 184 Å². The van der Waals surface area contributed by atoms with E-state index in [9.17, 15) is 77.6 Å². The van der Waals surface area contributed by atoms with Gasteiger partial charge in [0.15, 0.2) is 0 Å². The van der Waals surface area contributed by atoms with Crippen LogP contribution in [0.4, 0.5) is 0 Å². The molecule has 0 radical (unpaired) electrons. The van der Waals surface area contributed by atoms with Gasteiger partial charge >= 0.3 is 5.97 Å². The van der Waals surface area contributed by atoms with Crippen molar-refractivity contribution >= 4 is 87.8 Å². The van der Waals surface area contributed by atoms with E-state index in [1.54, 1.807) is 86.8 Å². The number of phenols is 1. The topological polar surface area (TPSA) is 589 Å². The Morgan fingerprint density at radius 1 is 0.500 bits per heavy atom. The number of hydrogen-bond acceptors (Lipinski definition) is 20. The van der Waals surface area contributed by atoms with Crippen molar-refractivity contribution in [3.8, 4) is 5.75 Å². The second-order valence-corrected chi connectivity index (χ2v) is 25.9. The van der Waals surface area contributed by atoms with Crippen molar-refractivity contribution in [3.05, 3.63) is 120 Å². The number of phenolic OH excluding ortho intramolecular Hbond substituents is 1. The summed E-state index contributed by atoms with van der Waals surface area (Å²) in [5.74, 6) is -12.9.